The summed E-state index contributed by atoms with van der Waals surface area (Å²) >= 11 is 0. The van der Waals surface area contributed by atoms with Crippen molar-refractivity contribution in [3.63, 3.8) is 0 Å². The predicted molar refractivity (Wildman–Crippen MR) is 135 cm³/mol. The molecule has 3 amide bonds. The maximum atomic E-state index is 13.5. The van der Waals surface area contributed by atoms with Crippen molar-refractivity contribution in [2.24, 2.45) is 0 Å². The molecule has 35 heavy (non-hydrogen) atoms. The lowest BCUT2D eigenvalue weighted by Crippen LogP contribution is -2.53. The van der Waals surface area contributed by atoms with Gasteiger partial charge in [-0.05, 0) is 63.9 Å². The number of ether oxygens (including phenoxy) is 1. The number of para-hydroxylation sites is 1. The van der Waals surface area contributed by atoms with Gasteiger partial charge in [-0.1, -0.05) is 36.3 Å². The van der Waals surface area contributed by atoms with Gasteiger partial charge in [0, 0.05) is 17.8 Å². The highest BCUT2D eigenvalue weighted by molar-refractivity contribution is 5.99. The highest BCUT2D eigenvalue weighted by Gasteiger charge is 2.35. The minimum absolute atomic E-state index is 0.133. The van der Waals surface area contributed by atoms with Gasteiger partial charge in [0.2, 0.25) is 5.91 Å². The summed E-state index contributed by atoms with van der Waals surface area (Å²) in [5.41, 5.74) is 1.83. The van der Waals surface area contributed by atoms with E-state index in [0.29, 0.717) is 16.8 Å². The molecule has 0 saturated carbocycles. The van der Waals surface area contributed by atoms with Crippen LogP contribution in [0.2, 0.25) is 0 Å². The highest BCUT2D eigenvalue weighted by atomic mass is 16.6. The zero-order valence-electron chi connectivity index (χ0n) is 20.8. The average molecular weight is 480 g/mol. The van der Waals surface area contributed by atoms with Crippen molar-refractivity contribution >= 4 is 23.6 Å². The fraction of sp³-hybridized carbons (Fsp3) is 0.370. The smallest absolute Gasteiger partial charge is 0.408 e. The number of carbonyl (C=O) groups excluding carboxylic acids is 3. The number of rotatable bonds is 8. The molecule has 0 bridgehead atoms. The second-order valence-corrected chi connectivity index (χ2v) is 8.98. The summed E-state index contributed by atoms with van der Waals surface area (Å²) < 4.78 is 5.21. The van der Waals surface area contributed by atoms with Gasteiger partial charge in [0.15, 0.2) is 0 Å². The predicted octanol–water partition coefficient (Wildman–Crippen LogP) is 3.39. The van der Waals surface area contributed by atoms with E-state index in [1.54, 1.807) is 64.1 Å². The molecule has 0 spiro atoms. The van der Waals surface area contributed by atoms with Gasteiger partial charge in [0.05, 0.1) is 6.61 Å². The Morgan fingerprint density at radius 3 is 2.26 bits per heavy atom. The number of likely N-dealkylation sites (N-methyl/N-ethyl adjacent to an activating group) is 1. The Bertz CT molecular complexity index is 1080. The molecule has 0 aliphatic rings. The third-order valence-electron chi connectivity index (χ3n) is 5.15. The van der Waals surface area contributed by atoms with Crippen molar-refractivity contribution in [1.29, 1.82) is 0 Å². The Hall–Kier alpha value is -3.83. The van der Waals surface area contributed by atoms with E-state index in [-0.39, 0.29) is 6.54 Å². The minimum Gasteiger partial charge on any atom is -0.444 e. The SMILES string of the molecule is C#Cc1ccc(C(C(=O)Nc2ccccc2C)N(CC)C(=O)C(CO)NC(=O)OC(C)(C)C)cc1. The van der Waals surface area contributed by atoms with Gasteiger partial charge in [-0.2, -0.15) is 0 Å². The van der Waals surface area contributed by atoms with Gasteiger partial charge in [-0.25, -0.2) is 4.79 Å². The van der Waals surface area contributed by atoms with Crippen LogP contribution in [0.5, 0.6) is 0 Å². The molecule has 0 saturated heterocycles. The zero-order chi connectivity index (χ0) is 26.2. The van der Waals surface area contributed by atoms with E-state index in [4.69, 9.17) is 11.2 Å². The van der Waals surface area contributed by atoms with E-state index in [2.05, 4.69) is 16.6 Å². The summed E-state index contributed by atoms with van der Waals surface area (Å²) in [6.07, 6.45) is 4.62. The Labute approximate surface area is 206 Å². The second kappa shape index (κ2) is 12.0. The number of amides is 3. The van der Waals surface area contributed by atoms with E-state index in [9.17, 15) is 19.5 Å². The maximum absolute atomic E-state index is 13.5. The average Bonchev–Trinajstić information content (AvgIpc) is 2.81. The minimum atomic E-state index is -1.30. The molecule has 2 aromatic carbocycles. The van der Waals surface area contributed by atoms with Crippen molar-refractivity contribution in [1.82, 2.24) is 10.2 Å². The largest absolute Gasteiger partial charge is 0.444 e. The Morgan fingerprint density at radius 2 is 1.74 bits per heavy atom. The zero-order valence-corrected chi connectivity index (χ0v) is 20.8. The maximum Gasteiger partial charge on any atom is 0.408 e. The molecule has 3 N–H and O–H groups in total. The summed E-state index contributed by atoms with van der Waals surface area (Å²) in [6.45, 7) is 8.10. The Morgan fingerprint density at radius 1 is 1.11 bits per heavy atom. The molecule has 2 rings (SSSR count). The van der Waals surface area contributed by atoms with Crippen LogP contribution in [0.25, 0.3) is 0 Å². The summed E-state index contributed by atoms with van der Waals surface area (Å²) in [6, 6.07) is 11.7. The molecular formula is C27H33N3O5. The molecule has 186 valence electrons. The molecule has 2 atom stereocenters. The number of aliphatic hydroxyl groups is 1. The van der Waals surface area contributed by atoms with E-state index < -0.39 is 42.2 Å². The lowest BCUT2D eigenvalue weighted by molar-refractivity contribution is -0.141. The normalized spacial score (nSPS) is 12.6. The first kappa shape index (κ1) is 27.4. The summed E-state index contributed by atoms with van der Waals surface area (Å²) in [5.74, 6) is 1.45. The third-order valence-corrected chi connectivity index (χ3v) is 5.15. The van der Waals surface area contributed by atoms with Crippen LogP contribution >= 0.6 is 0 Å². The molecule has 0 aliphatic carbocycles. The molecule has 0 radical (unpaired) electrons. The Kier molecular flexibility index (Phi) is 9.43. The molecule has 0 aromatic heterocycles. The topological polar surface area (TPSA) is 108 Å². The fourth-order valence-corrected chi connectivity index (χ4v) is 3.45. The quantitative estimate of drug-likeness (QED) is 0.503. The summed E-state index contributed by atoms with van der Waals surface area (Å²) in [5, 5.41) is 15.2. The number of alkyl carbamates (subject to hydrolysis) is 1. The number of carbonyl (C=O) groups is 3. The van der Waals surface area contributed by atoms with Crippen LogP contribution in [0.15, 0.2) is 48.5 Å². The van der Waals surface area contributed by atoms with E-state index in [0.717, 1.165) is 5.56 Å². The van der Waals surface area contributed by atoms with Crippen LogP contribution in [0.3, 0.4) is 0 Å². The van der Waals surface area contributed by atoms with Crippen LogP contribution in [0.1, 0.15) is 50.4 Å². The first-order valence-electron chi connectivity index (χ1n) is 11.3. The number of hydrogen-bond acceptors (Lipinski definition) is 5. The molecule has 0 heterocycles. The number of nitrogens with one attached hydrogen (secondary N) is 2. The molecule has 8 heteroatoms. The number of nitrogens with zero attached hydrogens (tertiary/aromatic N) is 1. The van der Waals surface area contributed by atoms with Gasteiger partial charge in [0.1, 0.15) is 17.7 Å². The molecule has 2 unspecified atom stereocenters. The third kappa shape index (κ3) is 7.59. The van der Waals surface area contributed by atoms with Gasteiger partial charge < -0.3 is 25.4 Å². The number of terminal acetylenes is 1. The molecule has 2 aromatic rings. The van der Waals surface area contributed by atoms with Gasteiger partial charge in [-0.15, -0.1) is 6.42 Å². The number of aryl methyl sites for hydroxylation is 1. The van der Waals surface area contributed by atoms with E-state index in [1.807, 2.05) is 19.1 Å². The van der Waals surface area contributed by atoms with Crippen molar-refractivity contribution in [2.75, 3.05) is 18.5 Å². The first-order chi connectivity index (χ1) is 16.5. The summed E-state index contributed by atoms with van der Waals surface area (Å²) in [7, 11) is 0. The highest BCUT2D eigenvalue weighted by Crippen LogP contribution is 2.25. The first-order valence-corrected chi connectivity index (χ1v) is 11.3. The van der Waals surface area contributed by atoms with Crippen molar-refractivity contribution in [3.05, 3.63) is 65.2 Å². The number of benzene rings is 2. The second-order valence-electron chi connectivity index (χ2n) is 8.98. The number of aliphatic hydroxyl groups excluding tert-OH is 1. The molecular weight excluding hydrogens is 446 g/mol. The number of hydrogen-bond donors (Lipinski definition) is 3. The van der Waals surface area contributed by atoms with Gasteiger partial charge in [0.25, 0.3) is 5.91 Å². The lowest BCUT2D eigenvalue weighted by Gasteiger charge is -2.33. The molecule has 8 nitrogen and oxygen atoms in total. The van der Waals surface area contributed by atoms with E-state index >= 15 is 0 Å². The van der Waals surface area contributed by atoms with Gasteiger partial charge >= 0.3 is 6.09 Å². The van der Waals surface area contributed by atoms with Crippen molar-refractivity contribution < 1.29 is 24.2 Å². The molecule has 0 aliphatic heterocycles. The Balaban J connectivity index is 2.41. The van der Waals surface area contributed by atoms with Crippen LogP contribution in [0.4, 0.5) is 10.5 Å². The standard InChI is InChI=1S/C27H33N3O5/c1-7-19-13-15-20(16-14-19)23(24(32)28-21-12-10-9-11-18(21)3)30(8-2)25(33)22(17-31)29-26(34)35-27(4,5)6/h1,9-16,22-23,31H,8,17H2,2-6H3,(H,28,32)(H,29,34). The summed E-state index contributed by atoms with van der Waals surface area (Å²) in [4.78, 5) is 40.5. The van der Waals surface area contributed by atoms with Crippen LogP contribution in [0, 0.1) is 19.3 Å². The van der Waals surface area contributed by atoms with Gasteiger partial charge in [-0.3, -0.25) is 9.59 Å². The van der Waals surface area contributed by atoms with Crippen LogP contribution in [-0.2, 0) is 14.3 Å². The molecule has 0 fully saturated rings. The number of anilines is 1. The lowest BCUT2D eigenvalue weighted by atomic mass is 10.0. The van der Waals surface area contributed by atoms with Crippen LogP contribution in [-0.4, -0.2) is 52.7 Å². The fourth-order valence-electron chi connectivity index (χ4n) is 3.45. The monoisotopic (exact) mass is 479 g/mol. The van der Waals surface area contributed by atoms with Crippen molar-refractivity contribution in [2.45, 2.75) is 52.3 Å². The van der Waals surface area contributed by atoms with Crippen molar-refractivity contribution in [3.8, 4) is 12.3 Å². The van der Waals surface area contributed by atoms with E-state index in [1.165, 1.54) is 4.90 Å². The van der Waals surface area contributed by atoms with Crippen LogP contribution < -0.4 is 10.6 Å².